The Morgan fingerprint density at radius 1 is 1.03 bits per heavy atom. The van der Waals surface area contributed by atoms with Crippen molar-refractivity contribution in [1.82, 2.24) is 5.43 Å². The second-order valence-electron chi connectivity index (χ2n) is 6.28. The summed E-state index contributed by atoms with van der Waals surface area (Å²) in [5.74, 6) is 0.884. The smallest absolute Gasteiger partial charge is 0.273 e. The fourth-order valence-electron chi connectivity index (χ4n) is 2.74. The van der Waals surface area contributed by atoms with Crippen LogP contribution < -0.4 is 20.6 Å². The van der Waals surface area contributed by atoms with E-state index in [0.29, 0.717) is 29.4 Å². The van der Waals surface area contributed by atoms with Crippen LogP contribution in [0.3, 0.4) is 0 Å². The van der Waals surface area contributed by atoms with Crippen molar-refractivity contribution in [2.24, 2.45) is 5.10 Å². The maximum Gasteiger partial charge on any atom is 0.273 e. The SMILES string of the molecule is COc1cc(/C=N/NC(=O)c2ccccc2N)ccc1OCCc1ccccc1. The van der Waals surface area contributed by atoms with Gasteiger partial charge in [0.25, 0.3) is 5.91 Å². The highest BCUT2D eigenvalue weighted by atomic mass is 16.5. The summed E-state index contributed by atoms with van der Waals surface area (Å²) in [6.45, 7) is 0.544. The first kappa shape index (κ1) is 19.9. The van der Waals surface area contributed by atoms with E-state index in [1.54, 1.807) is 37.4 Å². The topological polar surface area (TPSA) is 85.9 Å². The molecule has 1 amide bonds. The molecule has 0 aliphatic rings. The first-order valence-corrected chi connectivity index (χ1v) is 9.20. The molecule has 0 fully saturated rings. The van der Waals surface area contributed by atoms with Gasteiger partial charge < -0.3 is 15.2 Å². The molecule has 148 valence electrons. The zero-order valence-electron chi connectivity index (χ0n) is 16.2. The monoisotopic (exact) mass is 389 g/mol. The van der Waals surface area contributed by atoms with Crippen LogP contribution in [0.25, 0.3) is 0 Å². The predicted molar refractivity (Wildman–Crippen MR) is 115 cm³/mol. The van der Waals surface area contributed by atoms with E-state index >= 15 is 0 Å². The van der Waals surface area contributed by atoms with E-state index < -0.39 is 0 Å². The molecule has 0 bridgehead atoms. The Bertz CT molecular complexity index is 988. The zero-order valence-corrected chi connectivity index (χ0v) is 16.2. The number of para-hydroxylation sites is 1. The molecule has 0 unspecified atom stereocenters. The minimum atomic E-state index is -0.368. The average Bonchev–Trinajstić information content (AvgIpc) is 2.75. The molecule has 0 aromatic heterocycles. The molecule has 0 aliphatic carbocycles. The fourth-order valence-corrected chi connectivity index (χ4v) is 2.74. The van der Waals surface area contributed by atoms with Gasteiger partial charge in [-0.1, -0.05) is 42.5 Å². The number of ether oxygens (including phenoxy) is 2. The maximum absolute atomic E-state index is 12.1. The number of nitrogen functional groups attached to an aromatic ring is 1. The van der Waals surface area contributed by atoms with Crippen molar-refractivity contribution in [1.29, 1.82) is 0 Å². The zero-order chi connectivity index (χ0) is 20.5. The molecule has 0 radical (unpaired) electrons. The van der Waals surface area contributed by atoms with Gasteiger partial charge in [0.2, 0.25) is 0 Å². The number of hydrogen-bond donors (Lipinski definition) is 2. The molecular formula is C23H23N3O3. The first-order chi connectivity index (χ1) is 14.2. The molecule has 0 aliphatic heterocycles. The van der Waals surface area contributed by atoms with E-state index in [4.69, 9.17) is 15.2 Å². The summed E-state index contributed by atoms with van der Waals surface area (Å²) >= 11 is 0. The quantitative estimate of drug-likeness (QED) is 0.350. The standard InChI is InChI=1S/C23H23N3O3/c1-28-22-15-18(16-25-26-23(27)19-9-5-6-10-20(19)24)11-12-21(22)29-14-13-17-7-3-2-4-8-17/h2-12,15-16H,13-14,24H2,1H3,(H,26,27)/b25-16+. The van der Waals surface area contributed by atoms with Gasteiger partial charge in [-0.2, -0.15) is 5.10 Å². The molecule has 3 N–H and O–H groups in total. The van der Waals surface area contributed by atoms with E-state index in [1.165, 1.54) is 11.8 Å². The van der Waals surface area contributed by atoms with Crippen LogP contribution in [0, 0.1) is 0 Å². The molecule has 29 heavy (non-hydrogen) atoms. The van der Waals surface area contributed by atoms with Crippen molar-refractivity contribution in [3.8, 4) is 11.5 Å². The number of carbonyl (C=O) groups is 1. The molecule has 3 aromatic rings. The second kappa shape index (κ2) is 9.94. The molecule has 0 heterocycles. The normalized spacial score (nSPS) is 10.7. The minimum Gasteiger partial charge on any atom is -0.493 e. The van der Waals surface area contributed by atoms with Crippen LogP contribution in [0.15, 0.2) is 77.9 Å². The fraction of sp³-hybridized carbons (Fsp3) is 0.130. The van der Waals surface area contributed by atoms with Crippen LogP contribution in [0.4, 0.5) is 5.69 Å². The van der Waals surface area contributed by atoms with Gasteiger partial charge in [-0.15, -0.1) is 0 Å². The Balaban J connectivity index is 1.58. The van der Waals surface area contributed by atoms with Gasteiger partial charge >= 0.3 is 0 Å². The number of nitrogens with one attached hydrogen (secondary N) is 1. The lowest BCUT2D eigenvalue weighted by Gasteiger charge is -2.11. The number of benzene rings is 3. The Morgan fingerprint density at radius 3 is 2.55 bits per heavy atom. The van der Waals surface area contributed by atoms with E-state index in [0.717, 1.165) is 12.0 Å². The van der Waals surface area contributed by atoms with Gasteiger partial charge in [-0.25, -0.2) is 5.43 Å². The van der Waals surface area contributed by atoms with Gasteiger partial charge in [0, 0.05) is 12.1 Å². The lowest BCUT2D eigenvalue weighted by atomic mass is 10.2. The van der Waals surface area contributed by atoms with Gasteiger partial charge in [-0.05, 0) is 41.5 Å². The number of nitrogens with two attached hydrogens (primary N) is 1. The highest BCUT2D eigenvalue weighted by Gasteiger charge is 2.08. The number of hydrazone groups is 1. The highest BCUT2D eigenvalue weighted by Crippen LogP contribution is 2.27. The molecule has 0 saturated heterocycles. The van der Waals surface area contributed by atoms with Crippen LogP contribution >= 0.6 is 0 Å². The first-order valence-electron chi connectivity index (χ1n) is 9.20. The molecule has 6 heteroatoms. The van der Waals surface area contributed by atoms with Gasteiger partial charge in [-0.3, -0.25) is 4.79 Å². The van der Waals surface area contributed by atoms with Crippen molar-refractivity contribution >= 4 is 17.8 Å². The van der Waals surface area contributed by atoms with Gasteiger partial charge in [0.1, 0.15) is 0 Å². The Morgan fingerprint density at radius 2 is 1.79 bits per heavy atom. The summed E-state index contributed by atoms with van der Waals surface area (Å²) in [6, 6.07) is 22.4. The lowest BCUT2D eigenvalue weighted by molar-refractivity contribution is 0.0956. The van der Waals surface area contributed by atoms with Crippen molar-refractivity contribution in [3.05, 3.63) is 89.5 Å². The lowest BCUT2D eigenvalue weighted by Crippen LogP contribution is -2.19. The van der Waals surface area contributed by atoms with E-state index in [1.807, 2.05) is 30.3 Å². The van der Waals surface area contributed by atoms with Crippen molar-refractivity contribution in [2.45, 2.75) is 6.42 Å². The summed E-state index contributed by atoms with van der Waals surface area (Å²) in [6.07, 6.45) is 2.34. The Kier molecular flexibility index (Phi) is 6.84. The highest BCUT2D eigenvalue weighted by molar-refractivity contribution is 5.99. The second-order valence-corrected chi connectivity index (χ2v) is 6.28. The van der Waals surface area contributed by atoms with Crippen LogP contribution in [-0.4, -0.2) is 25.8 Å². The number of nitrogens with zero attached hydrogens (tertiary/aromatic N) is 1. The molecule has 6 nitrogen and oxygen atoms in total. The van der Waals surface area contributed by atoms with E-state index in [2.05, 4.69) is 22.7 Å². The van der Waals surface area contributed by atoms with Crippen LogP contribution in [0.1, 0.15) is 21.5 Å². The summed E-state index contributed by atoms with van der Waals surface area (Å²) in [7, 11) is 1.58. The van der Waals surface area contributed by atoms with Crippen LogP contribution in [0.2, 0.25) is 0 Å². The van der Waals surface area contributed by atoms with Crippen molar-refractivity contribution in [3.63, 3.8) is 0 Å². The maximum atomic E-state index is 12.1. The van der Waals surface area contributed by atoms with Gasteiger partial charge in [0.05, 0.1) is 25.5 Å². The van der Waals surface area contributed by atoms with Gasteiger partial charge in [0.15, 0.2) is 11.5 Å². The average molecular weight is 389 g/mol. The van der Waals surface area contributed by atoms with Crippen molar-refractivity contribution in [2.75, 3.05) is 19.5 Å². The third kappa shape index (κ3) is 5.59. The Hall–Kier alpha value is -3.80. The molecule has 0 atom stereocenters. The van der Waals surface area contributed by atoms with E-state index in [-0.39, 0.29) is 5.91 Å². The number of rotatable bonds is 8. The minimum absolute atomic E-state index is 0.368. The van der Waals surface area contributed by atoms with Crippen LogP contribution in [-0.2, 0) is 6.42 Å². The molecule has 0 spiro atoms. The number of amides is 1. The molecular weight excluding hydrogens is 366 g/mol. The summed E-state index contributed by atoms with van der Waals surface area (Å²) < 4.78 is 11.3. The molecule has 0 saturated carbocycles. The summed E-state index contributed by atoms with van der Waals surface area (Å²) in [5, 5.41) is 3.99. The molecule has 3 aromatic carbocycles. The predicted octanol–water partition coefficient (Wildman–Crippen LogP) is 3.66. The third-order valence-corrected chi connectivity index (χ3v) is 4.26. The third-order valence-electron chi connectivity index (χ3n) is 4.26. The number of methoxy groups -OCH3 is 1. The number of anilines is 1. The Labute approximate surface area is 170 Å². The number of hydrogen-bond acceptors (Lipinski definition) is 5. The van der Waals surface area contributed by atoms with Crippen molar-refractivity contribution < 1.29 is 14.3 Å². The summed E-state index contributed by atoms with van der Waals surface area (Å²) in [4.78, 5) is 12.1. The van der Waals surface area contributed by atoms with Crippen LogP contribution in [0.5, 0.6) is 11.5 Å². The summed E-state index contributed by atoms with van der Waals surface area (Å²) in [5.41, 5.74) is 11.0. The van der Waals surface area contributed by atoms with E-state index in [9.17, 15) is 4.79 Å². The number of carbonyl (C=O) groups excluding carboxylic acids is 1. The molecule has 3 rings (SSSR count). The largest absolute Gasteiger partial charge is 0.493 e.